The lowest BCUT2D eigenvalue weighted by Gasteiger charge is -2.38. The number of anilines is 1. The second kappa shape index (κ2) is 9.42. The summed E-state index contributed by atoms with van der Waals surface area (Å²) in [5.74, 6) is 0.708. The molecule has 2 aliphatic rings. The molecule has 0 unspecified atom stereocenters. The lowest BCUT2D eigenvalue weighted by molar-refractivity contribution is 0.122. The summed E-state index contributed by atoms with van der Waals surface area (Å²) in [4.78, 5) is 20.0. The highest BCUT2D eigenvalue weighted by Crippen LogP contribution is 2.27. The number of nitrogens with zero attached hydrogens (tertiary/aromatic N) is 3. The van der Waals surface area contributed by atoms with Gasteiger partial charge in [-0.2, -0.15) is 0 Å². The quantitative estimate of drug-likeness (QED) is 0.861. The van der Waals surface area contributed by atoms with Crippen molar-refractivity contribution in [3.05, 3.63) is 23.8 Å². The van der Waals surface area contributed by atoms with E-state index in [0.717, 1.165) is 69.8 Å². The Kier molecular flexibility index (Phi) is 6.96. The van der Waals surface area contributed by atoms with Crippen molar-refractivity contribution in [3.63, 3.8) is 0 Å². The molecular formula is C21H34N4O2. The highest BCUT2D eigenvalue weighted by Gasteiger charge is 2.28. The van der Waals surface area contributed by atoms with Gasteiger partial charge in [0, 0.05) is 45.3 Å². The minimum atomic E-state index is 0.00183. The lowest BCUT2D eigenvalue weighted by Crippen LogP contribution is -2.49. The van der Waals surface area contributed by atoms with E-state index in [2.05, 4.69) is 22.2 Å². The van der Waals surface area contributed by atoms with E-state index in [1.807, 2.05) is 30.0 Å². The minimum Gasteiger partial charge on any atom is -0.495 e. The number of urea groups is 1. The molecule has 1 N–H and O–H groups in total. The largest absolute Gasteiger partial charge is 0.495 e. The average Bonchev–Trinajstić information content (AvgIpc) is 2.68. The number of likely N-dealkylation sites (N-methyl/N-ethyl adjacent to an activating group) is 1. The van der Waals surface area contributed by atoms with Gasteiger partial charge in [-0.15, -0.1) is 0 Å². The van der Waals surface area contributed by atoms with Crippen LogP contribution in [-0.2, 0) is 0 Å². The summed E-state index contributed by atoms with van der Waals surface area (Å²) in [6.07, 6.45) is 4.46. The maximum Gasteiger partial charge on any atom is 0.322 e. The molecule has 0 radical (unpaired) electrons. The summed E-state index contributed by atoms with van der Waals surface area (Å²) >= 11 is 0. The van der Waals surface area contributed by atoms with Gasteiger partial charge < -0.3 is 24.8 Å². The number of nitrogens with one attached hydrogen (secondary N) is 1. The maximum atomic E-state index is 13.0. The van der Waals surface area contributed by atoms with Crippen LogP contribution < -0.4 is 10.1 Å². The van der Waals surface area contributed by atoms with Gasteiger partial charge in [-0.05, 0) is 57.4 Å². The maximum absolute atomic E-state index is 13.0. The number of amides is 2. The summed E-state index contributed by atoms with van der Waals surface area (Å²) in [6.45, 7) is 8.49. The molecule has 6 heteroatoms. The number of methoxy groups -OCH3 is 1. The van der Waals surface area contributed by atoms with Crippen molar-refractivity contribution < 1.29 is 9.53 Å². The third-order valence-electron chi connectivity index (χ3n) is 5.86. The number of carbonyl (C=O) groups is 1. The van der Waals surface area contributed by atoms with E-state index in [1.165, 1.54) is 6.42 Å². The van der Waals surface area contributed by atoms with Crippen molar-refractivity contribution in [2.45, 2.75) is 38.6 Å². The molecular weight excluding hydrogens is 340 g/mol. The number of carbonyl (C=O) groups excluding carboxylic acids is 1. The molecule has 0 bridgehead atoms. The third-order valence-corrected chi connectivity index (χ3v) is 5.86. The number of rotatable bonds is 5. The zero-order valence-electron chi connectivity index (χ0n) is 17.0. The molecule has 1 aromatic carbocycles. The van der Waals surface area contributed by atoms with Crippen LogP contribution in [0.3, 0.4) is 0 Å². The van der Waals surface area contributed by atoms with E-state index in [4.69, 9.17) is 4.74 Å². The first kappa shape index (κ1) is 20.0. The number of ether oxygens (including phenoxy) is 1. The predicted octanol–water partition coefficient (Wildman–Crippen LogP) is 3.03. The van der Waals surface area contributed by atoms with Gasteiger partial charge in [-0.3, -0.25) is 0 Å². The summed E-state index contributed by atoms with van der Waals surface area (Å²) < 4.78 is 5.41. The van der Waals surface area contributed by atoms with Gasteiger partial charge in [-0.25, -0.2) is 4.79 Å². The number of aryl methyl sites for hydroxylation is 1. The molecule has 0 saturated carbocycles. The van der Waals surface area contributed by atoms with Crippen molar-refractivity contribution in [2.75, 3.05) is 58.7 Å². The van der Waals surface area contributed by atoms with E-state index in [1.54, 1.807) is 7.11 Å². The van der Waals surface area contributed by atoms with Gasteiger partial charge in [0.05, 0.1) is 12.8 Å². The van der Waals surface area contributed by atoms with E-state index in [9.17, 15) is 4.79 Å². The van der Waals surface area contributed by atoms with Gasteiger partial charge in [0.15, 0.2) is 0 Å². The van der Waals surface area contributed by atoms with Crippen molar-refractivity contribution in [2.24, 2.45) is 0 Å². The number of piperidine rings is 1. The van der Waals surface area contributed by atoms with Crippen LogP contribution in [0.15, 0.2) is 18.2 Å². The Labute approximate surface area is 163 Å². The molecule has 27 heavy (non-hydrogen) atoms. The van der Waals surface area contributed by atoms with Crippen molar-refractivity contribution >= 4 is 11.7 Å². The number of likely N-dealkylation sites (tertiary alicyclic amines) is 1. The van der Waals surface area contributed by atoms with Crippen LogP contribution in [0.4, 0.5) is 10.5 Å². The second-order valence-corrected chi connectivity index (χ2v) is 7.91. The number of piperazine rings is 1. The molecule has 2 amide bonds. The SMILES string of the molecule is COc1ccc(C)cc1NC(=O)N1CCCC[C@H]1CCN1CCN(C)CC1. The fourth-order valence-electron chi connectivity index (χ4n) is 4.08. The van der Waals surface area contributed by atoms with E-state index in [0.29, 0.717) is 11.8 Å². The van der Waals surface area contributed by atoms with Crippen LogP contribution >= 0.6 is 0 Å². The fourth-order valence-corrected chi connectivity index (χ4v) is 4.08. The standard InChI is InChI=1S/C21H34N4O2/c1-17-7-8-20(27-3)19(16-17)22-21(26)25-10-5-4-6-18(25)9-11-24-14-12-23(2)13-15-24/h7-8,16,18H,4-6,9-15H2,1-3H3,(H,22,26)/t18-/m0/s1. The molecule has 2 saturated heterocycles. The first-order valence-corrected chi connectivity index (χ1v) is 10.2. The zero-order chi connectivity index (χ0) is 19.2. The molecule has 0 aromatic heterocycles. The van der Waals surface area contributed by atoms with Gasteiger partial charge in [0.1, 0.15) is 5.75 Å². The molecule has 150 valence electrons. The molecule has 3 rings (SSSR count). The van der Waals surface area contributed by atoms with Crippen molar-refractivity contribution in [3.8, 4) is 5.75 Å². The summed E-state index contributed by atoms with van der Waals surface area (Å²) in [5.41, 5.74) is 1.86. The molecule has 2 heterocycles. The van der Waals surface area contributed by atoms with Gasteiger partial charge in [0.2, 0.25) is 0 Å². The Morgan fingerprint density at radius 2 is 1.96 bits per heavy atom. The summed E-state index contributed by atoms with van der Waals surface area (Å²) in [5, 5.41) is 3.09. The van der Waals surface area contributed by atoms with Crippen LogP contribution in [0, 0.1) is 6.92 Å². The Morgan fingerprint density at radius 3 is 2.70 bits per heavy atom. The number of benzene rings is 1. The molecule has 6 nitrogen and oxygen atoms in total. The first-order valence-electron chi connectivity index (χ1n) is 10.2. The van der Waals surface area contributed by atoms with E-state index in [-0.39, 0.29) is 6.03 Å². The Bertz CT molecular complexity index is 629. The van der Waals surface area contributed by atoms with E-state index >= 15 is 0 Å². The first-order chi connectivity index (χ1) is 13.1. The molecule has 0 aliphatic carbocycles. The average molecular weight is 375 g/mol. The second-order valence-electron chi connectivity index (χ2n) is 7.91. The van der Waals surface area contributed by atoms with Gasteiger partial charge >= 0.3 is 6.03 Å². The Balaban J connectivity index is 1.59. The highest BCUT2D eigenvalue weighted by atomic mass is 16.5. The van der Waals surface area contributed by atoms with E-state index < -0.39 is 0 Å². The monoisotopic (exact) mass is 374 g/mol. The fraction of sp³-hybridized carbons (Fsp3) is 0.667. The van der Waals surface area contributed by atoms with Crippen molar-refractivity contribution in [1.29, 1.82) is 0 Å². The highest BCUT2D eigenvalue weighted by molar-refractivity contribution is 5.91. The van der Waals surface area contributed by atoms with Gasteiger partial charge in [0.25, 0.3) is 0 Å². The number of hydrogen-bond donors (Lipinski definition) is 1. The Hall–Kier alpha value is -1.79. The Morgan fingerprint density at radius 1 is 1.19 bits per heavy atom. The third kappa shape index (κ3) is 5.36. The van der Waals surface area contributed by atoms with Crippen LogP contribution in [0.5, 0.6) is 5.75 Å². The normalized spacial score (nSPS) is 21.9. The number of hydrogen-bond acceptors (Lipinski definition) is 4. The topological polar surface area (TPSA) is 48.1 Å². The van der Waals surface area contributed by atoms with Crippen LogP contribution in [0.1, 0.15) is 31.2 Å². The van der Waals surface area contributed by atoms with Crippen molar-refractivity contribution in [1.82, 2.24) is 14.7 Å². The smallest absolute Gasteiger partial charge is 0.322 e. The molecule has 2 fully saturated rings. The minimum absolute atomic E-state index is 0.00183. The zero-order valence-corrected chi connectivity index (χ0v) is 17.0. The molecule has 0 spiro atoms. The molecule has 1 aromatic rings. The molecule has 2 aliphatic heterocycles. The molecule has 1 atom stereocenters. The van der Waals surface area contributed by atoms with Crippen LogP contribution in [0.25, 0.3) is 0 Å². The van der Waals surface area contributed by atoms with Gasteiger partial charge in [-0.1, -0.05) is 6.07 Å². The predicted molar refractivity (Wildman–Crippen MR) is 110 cm³/mol. The van der Waals surface area contributed by atoms with Crippen LogP contribution in [-0.4, -0.2) is 80.2 Å². The lowest BCUT2D eigenvalue weighted by atomic mass is 9.99. The summed E-state index contributed by atoms with van der Waals surface area (Å²) in [6, 6.07) is 6.20. The summed E-state index contributed by atoms with van der Waals surface area (Å²) in [7, 11) is 3.82. The van der Waals surface area contributed by atoms with Crippen LogP contribution in [0.2, 0.25) is 0 Å².